The molecule has 2 atom stereocenters. The van der Waals surface area contributed by atoms with Crippen LogP contribution >= 0.6 is 0 Å². The fourth-order valence-corrected chi connectivity index (χ4v) is 4.75. The number of hydrogen-bond donors (Lipinski definition) is 2. The van der Waals surface area contributed by atoms with Crippen LogP contribution in [0.2, 0.25) is 0 Å². The highest BCUT2D eigenvalue weighted by molar-refractivity contribution is 5.88. The molecule has 1 saturated heterocycles. The molecule has 0 radical (unpaired) electrons. The second kappa shape index (κ2) is 11.8. The van der Waals surface area contributed by atoms with E-state index in [9.17, 15) is 9.59 Å². The van der Waals surface area contributed by atoms with Crippen LogP contribution in [0.25, 0.3) is 0 Å². The van der Waals surface area contributed by atoms with Gasteiger partial charge in [-0.05, 0) is 69.7 Å². The maximum Gasteiger partial charge on any atom is 0.242 e. The summed E-state index contributed by atoms with van der Waals surface area (Å²) in [5.41, 5.74) is 0. The molecule has 2 rings (SSSR count). The number of nitrogens with zero attached hydrogens (tertiary/aromatic N) is 1. The third-order valence-electron chi connectivity index (χ3n) is 6.78. The van der Waals surface area contributed by atoms with E-state index >= 15 is 0 Å². The Balaban J connectivity index is 1.73. The molecule has 1 aliphatic carbocycles. The Labute approximate surface area is 172 Å². The lowest BCUT2D eigenvalue weighted by Gasteiger charge is -2.35. The van der Waals surface area contributed by atoms with Gasteiger partial charge in [-0.3, -0.25) is 9.59 Å². The molecular weight excluding hydrogens is 350 g/mol. The summed E-state index contributed by atoms with van der Waals surface area (Å²) >= 11 is 0. The van der Waals surface area contributed by atoms with Crippen LogP contribution < -0.4 is 10.6 Å². The highest BCUT2D eigenvalue weighted by atomic mass is 16.2. The molecule has 2 amide bonds. The van der Waals surface area contributed by atoms with E-state index in [1.807, 2.05) is 13.8 Å². The van der Waals surface area contributed by atoms with Crippen LogP contribution in [0.1, 0.15) is 85.5 Å². The van der Waals surface area contributed by atoms with Crippen LogP contribution in [-0.4, -0.2) is 48.4 Å². The number of rotatable bonds is 9. The summed E-state index contributed by atoms with van der Waals surface area (Å²) in [6.07, 6.45) is 10.3. The quantitative estimate of drug-likeness (QED) is 0.587. The Kier molecular flexibility index (Phi) is 9.76. The van der Waals surface area contributed by atoms with Crippen LogP contribution in [0, 0.1) is 17.8 Å². The summed E-state index contributed by atoms with van der Waals surface area (Å²) in [5.74, 6) is 0.937. The van der Waals surface area contributed by atoms with Crippen molar-refractivity contribution < 1.29 is 9.59 Å². The third kappa shape index (κ3) is 7.06. The summed E-state index contributed by atoms with van der Waals surface area (Å²) in [5, 5.41) is 6.12. The molecule has 0 bridgehead atoms. The summed E-state index contributed by atoms with van der Waals surface area (Å²) < 4.78 is 0. The first-order valence-corrected chi connectivity index (χ1v) is 11.7. The van der Waals surface area contributed by atoms with Crippen LogP contribution in [0.5, 0.6) is 0 Å². The van der Waals surface area contributed by atoms with Gasteiger partial charge in [0.25, 0.3) is 0 Å². The van der Waals surface area contributed by atoms with Crippen molar-refractivity contribution in [2.24, 2.45) is 17.8 Å². The van der Waals surface area contributed by atoms with E-state index in [-0.39, 0.29) is 23.7 Å². The van der Waals surface area contributed by atoms with Crippen molar-refractivity contribution in [3.05, 3.63) is 0 Å². The lowest BCUT2D eigenvalue weighted by atomic mass is 9.82. The molecule has 0 aromatic heterocycles. The average molecular weight is 394 g/mol. The van der Waals surface area contributed by atoms with Crippen molar-refractivity contribution in [3.8, 4) is 0 Å². The van der Waals surface area contributed by atoms with Crippen LogP contribution in [0.4, 0.5) is 0 Å². The van der Waals surface area contributed by atoms with Crippen molar-refractivity contribution >= 4 is 11.8 Å². The molecule has 5 nitrogen and oxygen atoms in total. The zero-order valence-corrected chi connectivity index (χ0v) is 18.6. The third-order valence-corrected chi connectivity index (χ3v) is 6.78. The largest absolute Gasteiger partial charge is 0.354 e. The van der Waals surface area contributed by atoms with E-state index < -0.39 is 6.04 Å². The van der Waals surface area contributed by atoms with Gasteiger partial charge < -0.3 is 15.5 Å². The Bertz CT molecular complexity index is 486. The Morgan fingerprint density at radius 1 is 1.07 bits per heavy atom. The second-order valence-electron chi connectivity index (χ2n) is 9.43. The number of carbonyl (C=O) groups is 2. The molecule has 2 aliphatic rings. The highest BCUT2D eigenvalue weighted by Gasteiger charge is 2.29. The normalized spacial score (nSPS) is 27.4. The fourth-order valence-electron chi connectivity index (χ4n) is 4.75. The van der Waals surface area contributed by atoms with Crippen LogP contribution in [0.3, 0.4) is 0 Å². The van der Waals surface area contributed by atoms with Gasteiger partial charge in [-0.1, -0.05) is 34.1 Å². The van der Waals surface area contributed by atoms with E-state index in [1.54, 1.807) is 0 Å². The van der Waals surface area contributed by atoms with E-state index in [0.29, 0.717) is 12.6 Å². The number of hydrogen-bond acceptors (Lipinski definition) is 3. The standard InChI is InChI=1S/C23H43N3O2/c1-5-20-9-6-7-15-26(20)16-8-14-24-23(28)21(17(2)3)25-22(27)19-12-10-18(4)11-13-19/h17-21H,5-16H2,1-4H3,(H,24,28)(H,25,27)/t18?,19?,20-,21-/m1/s1. The Morgan fingerprint density at radius 2 is 1.79 bits per heavy atom. The molecular formula is C23H43N3O2. The predicted molar refractivity (Wildman–Crippen MR) is 115 cm³/mol. The zero-order chi connectivity index (χ0) is 20.5. The highest BCUT2D eigenvalue weighted by Crippen LogP contribution is 2.28. The number of carbonyl (C=O) groups excluding carboxylic acids is 2. The summed E-state index contributed by atoms with van der Waals surface area (Å²) in [6, 6.07) is 0.288. The van der Waals surface area contributed by atoms with Gasteiger partial charge in [0.05, 0.1) is 0 Å². The first kappa shape index (κ1) is 23.2. The minimum atomic E-state index is -0.426. The molecule has 0 aromatic rings. The number of amides is 2. The minimum Gasteiger partial charge on any atom is -0.354 e. The molecule has 0 aromatic carbocycles. The van der Waals surface area contributed by atoms with Crippen LogP contribution in [-0.2, 0) is 9.59 Å². The lowest BCUT2D eigenvalue weighted by Crippen LogP contribution is -2.51. The molecule has 2 N–H and O–H groups in total. The van der Waals surface area contributed by atoms with Gasteiger partial charge in [-0.25, -0.2) is 0 Å². The SMILES string of the molecule is CC[C@@H]1CCCCN1CCCNC(=O)[C@H](NC(=O)C1CCC(C)CC1)C(C)C. The maximum absolute atomic E-state index is 12.7. The molecule has 0 unspecified atom stereocenters. The predicted octanol–water partition coefficient (Wildman–Crippen LogP) is 3.72. The number of nitrogens with one attached hydrogen (secondary N) is 2. The van der Waals surface area contributed by atoms with Gasteiger partial charge in [0.1, 0.15) is 6.04 Å². The molecule has 2 fully saturated rings. The van der Waals surface area contributed by atoms with Crippen molar-refractivity contribution in [2.45, 2.75) is 97.6 Å². The number of likely N-dealkylation sites (tertiary alicyclic amines) is 1. The average Bonchev–Trinajstić information content (AvgIpc) is 2.69. The van der Waals surface area contributed by atoms with E-state index in [2.05, 4.69) is 29.4 Å². The molecule has 162 valence electrons. The molecule has 1 aliphatic heterocycles. The van der Waals surface area contributed by atoms with Crippen molar-refractivity contribution in [2.75, 3.05) is 19.6 Å². The summed E-state index contributed by atoms with van der Waals surface area (Å²) in [7, 11) is 0. The molecule has 1 saturated carbocycles. The summed E-state index contributed by atoms with van der Waals surface area (Å²) in [4.78, 5) is 27.9. The fraction of sp³-hybridized carbons (Fsp3) is 0.913. The topological polar surface area (TPSA) is 61.4 Å². The zero-order valence-electron chi connectivity index (χ0n) is 18.6. The second-order valence-corrected chi connectivity index (χ2v) is 9.43. The van der Waals surface area contributed by atoms with Gasteiger partial charge in [0, 0.05) is 25.0 Å². The monoisotopic (exact) mass is 393 g/mol. The van der Waals surface area contributed by atoms with Crippen molar-refractivity contribution in [3.63, 3.8) is 0 Å². The first-order chi connectivity index (χ1) is 13.4. The van der Waals surface area contributed by atoms with E-state index in [0.717, 1.165) is 44.6 Å². The Morgan fingerprint density at radius 3 is 2.43 bits per heavy atom. The van der Waals surface area contributed by atoms with Crippen molar-refractivity contribution in [1.29, 1.82) is 0 Å². The van der Waals surface area contributed by atoms with Crippen molar-refractivity contribution in [1.82, 2.24) is 15.5 Å². The smallest absolute Gasteiger partial charge is 0.242 e. The van der Waals surface area contributed by atoms with Gasteiger partial charge in [-0.2, -0.15) is 0 Å². The van der Waals surface area contributed by atoms with Gasteiger partial charge in [0.2, 0.25) is 11.8 Å². The molecule has 1 heterocycles. The minimum absolute atomic E-state index is 0.0294. The van der Waals surface area contributed by atoms with E-state index in [1.165, 1.54) is 32.2 Å². The lowest BCUT2D eigenvalue weighted by molar-refractivity contribution is -0.132. The van der Waals surface area contributed by atoms with Gasteiger partial charge in [-0.15, -0.1) is 0 Å². The first-order valence-electron chi connectivity index (χ1n) is 11.7. The van der Waals surface area contributed by atoms with Gasteiger partial charge in [0.15, 0.2) is 0 Å². The molecule has 5 heteroatoms. The number of piperidine rings is 1. The summed E-state index contributed by atoms with van der Waals surface area (Å²) in [6.45, 7) is 11.5. The molecule has 0 spiro atoms. The maximum atomic E-state index is 12.7. The van der Waals surface area contributed by atoms with Gasteiger partial charge >= 0.3 is 0 Å². The Hall–Kier alpha value is -1.10. The molecule has 28 heavy (non-hydrogen) atoms. The van der Waals surface area contributed by atoms with Crippen LogP contribution in [0.15, 0.2) is 0 Å². The van der Waals surface area contributed by atoms with E-state index in [4.69, 9.17) is 0 Å².